The van der Waals surface area contributed by atoms with Gasteiger partial charge in [-0.05, 0) is 18.2 Å². The summed E-state index contributed by atoms with van der Waals surface area (Å²) in [7, 11) is 2.93. The van der Waals surface area contributed by atoms with Crippen molar-refractivity contribution in [3.05, 3.63) is 47.7 Å². The van der Waals surface area contributed by atoms with Crippen molar-refractivity contribution in [1.82, 2.24) is 9.88 Å². The summed E-state index contributed by atoms with van der Waals surface area (Å²) in [4.78, 5) is 18.2. The van der Waals surface area contributed by atoms with Crippen molar-refractivity contribution in [3.63, 3.8) is 0 Å². The highest BCUT2D eigenvalue weighted by atomic mass is 19.4. The number of carbonyl (C=O) groups excluding carboxylic acids is 1. The molecule has 1 aromatic carbocycles. The van der Waals surface area contributed by atoms with Crippen LogP contribution in [0.1, 0.15) is 22.3 Å². The second-order valence-electron chi connectivity index (χ2n) is 6.20. The molecule has 28 heavy (non-hydrogen) atoms. The van der Waals surface area contributed by atoms with Crippen LogP contribution in [0.3, 0.4) is 0 Å². The van der Waals surface area contributed by atoms with Crippen LogP contribution in [0, 0.1) is 0 Å². The van der Waals surface area contributed by atoms with Gasteiger partial charge in [-0.2, -0.15) is 13.2 Å². The van der Waals surface area contributed by atoms with Gasteiger partial charge >= 0.3 is 6.18 Å². The summed E-state index contributed by atoms with van der Waals surface area (Å²) >= 11 is 0. The van der Waals surface area contributed by atoms with E-state index in [1.807, 2.05) is 0 Å². The zero-order valence-corrected chi connectivity index (χ0v) is 15.3. The molecule has 0 aliphatic carbocycles. The van der Waals surface area contributed by atoms with Crippen LogP contribution in [0.2, 0.25) is 0 Å². The molecule has 3 rings (SSSR count). The van der Waals surface area contributed by atoms with Gasteiger partial charge in [-0.3, -0.25) is 4.79 Å². The van der Waals surface area contributed by atoms with Gasteiger partial charge in [0.1, 0.15) is 6.10 Å². The molecule has 0 spiro atoms. The van der Waals surface area contributed by atoms with E-state index in [9.17, 15) is 18.0 Å². The van der Waals surface area contributed by atoms with Crippen molar-refractivity contribution in [2.24, 2.45) is 0 Å². The molecular weight excluding hydrogens is 377 g/mol. The quantitative estimate of drug-likeness (QED) is 0.775. The van der Waals surface area contributed by atoms with E-state index < -0.39 is 17.8 Å². The van der Waals surface area contributed by atoms with Gasteiger partial charge in [-0.1, -0.05) is 6.07 Å². The molecule has 150 valence electrons. The number of carbonyl (C=O) groups is 1. The number of pyridine rings is 1. The fraction of sp³-hybridized carbons (Fsp3) is 0.368. The van der Waals surface area contributed by atoms with Gasteiger partial charge in [-0.25, -0.2) is 4.98 Å². The Hall–Kier alpha value is -2.97. The van der Waals surface area contributed by atoms with Crippen molar-refractivity contribution >= 4 is 5.91 Å². The second kappa shape index (κ2) is 7.95. The number of benzene rings is 1. The summed E-state index contributed by atoms with van der Waals surface area (Å²) in [6.45, 7) is 0.639. The van der Waals surface area contributed by atoms with Crippen LogP contribution in [0.4, 0.5) is 13.2 Å². The number of rotatable bonds is 5. The van der Waals surface area contributed by atoms with Crippen LogP contribution >= 0.6 is 0 Å². The Bertz CT molecular complexity index is 857. The third-order valence-corrected chi connectivity index (χ3v) is 4.42. The Labute approximate surface area is 159 Å². The lowest BCUT2D eigenvalue weighted by molar-refractivity contribution is -0.137. The average molecular weight is 396 g/mol. The van der Waals surface area contributed by atoms with Crippen LogP contribution in [0.15, 0.2) is 36.5 Å². The molecule has 1 amide bonds. The van der Waals surface area contributed by atoms with Crippen molar-refractivity contribution < 1.29 is 32.2 Å². The molecule has 2 aromatic rings. The molecule has 1 aliphatic heterocycles. The first-order valence-corrected chi connectivity index (χ1v) is 8.53. The minimum absolute atomic E-state index is 0.118. The fourth-order valence-electron chi connectivity index (χ4n) is 3.06. The van der Waals surface area contributed by atoms with Gasteiger partial charge in [0.15, 0.2) is 11.5 Å². The van der Waals surface area contributed by atoms with Gasteiger partial charge in [-0.15, -0.1) is 0 Å². The molecule has 0 N–H and O–H groups in total. The van der Waals surface area contributed by atoms with E-state index in [0.717, 1.165) is 18.3 Å². The number of halogens is 3. The predicted molar refractivity (Wildman–Crippen MR) is 93.7 cm³/mol. The fourth-order valence-corrected chi connectivity index (χ4v) is 3.06. The zero-order chi connectivity index (χ0) is 20.3. The Morgan fingerprint density at radius 2 is 2.00 bits per heavy atom. The Kier molecular flexibility index (Phi) is 5.62. The first kappa shape index (κ1) is 19.8. The summed E-state index contributed by atoms with van der Waals surface area (Å²) in [5.41, 5.74) is -0.482. The third-order valence-electron chi connectivity index (χ3n) is 4.42. The van der Waals surface area contributed by atoms with E-state index in [-0.39, 0.29) is 18.3 Å². The highest BCUT2D eigenvalue weighted by Gasteiger charge is 2.33. The molecule has 1 atom stereocenters. The van der Waals surface area contributed by atoms with Gasteiger partial charge in [0, 0.05) is 25.2 Å². The monoisotopic (exact) mass is 396 g/mol. The highest BCUT2D eigenvalue weighted by Crippen LogP contribution is 2.33. The number of alkyl halides is 3. The number of hydrogen-bond acceptors (Lipinski definition) is 5. The molecule has 6 nitrogen and oxygen atoms in total. The molecule has 9 heteroatoms. The van der Waals surface area contributed by atoms with Gasteiger partial charge < -0.3 is 19.1 Å². The smallest absolute Gasteiger partial charge is 0.416 e. The first-order valence-electron chi connectivity index (χ1n) is 8.53. The number of methoxy groups -OCH3 is 2. The lowest BCUT2D eigenvalue weighted by Gasteiger charge is -2.19. The number of ether oxygens (including phenoxy) is 3. The largest absolute Gasteiger partial charge is 0.493 e. The number of amides is 1. The Morgan fingerprint density at radius 3 is 2.68 bits per heavy atom. The van der Waals surface area contributed by atoms with E-state index in [1.54, 1.807) is 23.1 Å². The number of hydrogen-bond donors (Lipinski definition) is 0. The third kappa shape index (κ3) is 4.13. The molecule has 0 bridgehead atoms. The van der Waals surface area contributed by atoms with Crippen molar-refractivity contribution in [2.75, 3.05) is 27.3 Å². The molecular formula is C19H19F3N2O4. The lowest BCUT2D eigenvalue weighted by Crippen LogP contribution is -2.31. The van der Waals surface area contributed by atoms with Gasteiger partial charge in [0.2, 0.25) is 5.88 Å². The number of para-hydroxylation sites is 1. The van der Waals surface area contributed by atoms with Crippen LogP contribution in [0.5, 0.6) is 17.4 Å². The normalized spacial score (nSPS) is 16.8. The lowest BCUT2D eigenvalue weighted by atomic mass is 10.1. The molecule has 1 unspecified atom stereocenters. The summed E-state index contributed by atoms with van der Waals surface area (Å²) in [6.07, 6.45) is -3.38. The SMILES string of the molecule is COc1cccc(C(=O)N2CCC(Oc3cc(C(F)(F)F)ccn3)C2)c1OC. The molecule has 1 aliphatic rings. The zero-order valence-electron chi connectivity index (χ0n) is 15.3. The van der Waals surface area contributed by atoms with E-state index in [2.05, 4.69) is 4.98 Å². The summed E-state index contributed by atoms with van der Waals surface area (Å²) in [6, 6.07) is 6.74. The first-order chi connectivity index (χ1) is 13.3. The maximum atomic E-state index is 12.8. The number of aromatic nitrogens is 1. The number of likely N-dealkylation sites (tertiary alicyclic amines) is 1. The van der Waals surface area contributed by atoms with Crippen molar-refractivity contribution in [1.29, 1.82) is 0 Å². The van der Waals surface area contributed by atoms with Crippen LogP contribution in [0.25, 0.3) is 0 Å². The van der Waals surface area contributed by atoms with Crippen molar-refractivity contribution in [3.8, 4) is 17.4 Å². The predicted octanol–water partition coefficient (Wildman–Crippen LogP) is 3.41. The van der Waals surface area contributed by atoms with E-state index in [0.29, 0.717) is 30.0 Å². The minimum atomic E-state index is -4.47. The minimum Gasteiger partial charge on any atom is -0.493 e. The maximum Gasteiger partial charge on any atom is 0.416 e. The summed E-state index contributed by atoms with van der Waals surface area (Å²) in [5.74, 6) is 0.388. The molecule has 0 saturated carbocycles. The standard InChI is InChI=1S/C19H19F3N2O4/c1-26-15-5-3-4-14(17(15)27-2)18(25)24-9-7-13(11-24)28-16-10-12(6-8-23-16)19(20,21)22/h3-6,8,10,13H,7,9,11H2,1-2H3. The molecule has 1 fully saturated rings. The topological polar surface area (TPSA) is 60.9 Å². The van der Waals surface area contributed by atoms with Crippen molar-refractivity contribution in [2.45, 2.75) is 18.7 Å². The Balaban J connectivity index is 1.70. The molecule has 2 heterocycles. The van der Waals surface area contributed by atoms with Crippen LogP contribution < -0.4 is 14.2 Å². The summed E-state index contributed by atoms with van der Waals surface area (Å²) in [5, 5.41) is 0. The molecule has 1 saturated heterocycles. The average Bonchev–Trinajstić information content (AvgIpc) is 3.14. The van der Waals surface area contributed by atoms with Crippen LogP contribution in [-0.2, 0) is 6.18 Å². The molecule has 0 radical (unpaired) electrons. The van der Waals surface area contributed by atoms with Gasteiger partial charge in [0.05, 0.1) is 31.9 Å². The molecule has 1 aromatic heterocycles. The number of nitrogens with zero attached hydrogens (tertiary/aromatic N) is 2. The van der Waals surface area contributed by atoms with Gasteiger partial charge in [0.25, 0.3) is 5.91 Å². The second-order valence-corrected chi connectivity index (χ2v) is 6.20. The van der Waals surface area contributed by atoms with E-state index in [1.165, 1.54) is 14.2 Å². The van der Waals surface area contributed by atoms with E-state index >= 15 is 0 Å². The van der Waals surface area contributed by atoms with E-state index in [4.69, 9.17) is 14.2 Å². The Morgan fingerprint density at radius 1 is 1.21 bits per heavy atom. The van der Waals surface area contributed by atoms with Crippen LogP contribution in [-0.4, -0.2) is 49.2 Å². The summed E-state index contributed by atoms with van der Waals surface area (Å²) < 4.78 is 54.5. The highest BCUT2D eigenvalue weighted by molar-refractivity contribution is 5.98. The maximum absolute atomic E-state index is 12.8.